The molecule has 4 N–H and O–H groups in total. The Morgan fingerprint density at radius 2 is 1.78 bits per heavy atom. The molecule has 0 aliphatic carbocycles. The van der Waals surface area contributed by atoms with Crippen LogP contribution in [0.1, 0.15) is 5.56 Å². The minimum atomic E-state index is -4.00. The third-order valence-corrected chi connectivity index (χ3v) is 3.58. The molecule has 0 radical (unpaired) electrons. The van der Waals surface area contributed by atoms with Gasteiger partial charge >= 0.3 is 5.97 Å². The topological polar surface area (TPSA) is 118 Å². The van der Waals surface area contributed by atoms with E-state index in [4.69, 9.17) is 10.8 Å². The molecular weight excluding hydrogens is 312 g/mol. The number of hydrogen-bond donors (Lipinski definition) is 3. The van der Waals surface area contributed by atoms with Gasteiger partial charge in [-0.25, -0.2) is 13.2 Å². The van der Waals surface area contributed by atoms with Crippen molar-refractivity contribution in [2.45, 2.75) is 11.0 Å². The van der Waals surface area contributed by atoms with Crippen molar-refractivity contribution in [3.05, 3.63) is 35.9 Å². The molecule has 0 saturated carbocycles. The third-order valence-electron chi connectivity index (χ3n) is 2.40. The van der Waals surface area contributed by atoms with E-state index in [1.807, 2.05) is 0 Å². The molecule has 8 heteroatoms. The van der Waals surface area contributed by atoms with Crippen molar-refractivity contribution < 1.29 is 42.9 Å². The van der Waals surface area contributed by atoms with E-state index >= 15 is 0 Å². The first-order valence-electron chi connectivity index (χ1n) is 4.65. The molecule has 2 unspecified atom stereocenters. The predicted octanol–water partition coefficient (Wildman–Crippen LogP) is -0.714. The summed E-state index contributed by atoms with van der Waals surface area (Å²) in [6.07, 6.45) is 0.727. The second-order valence-electron chi connectivity index (χ2n) is 3.72. The van der Waals surface area contributed by atoms with Crippen molar-refractivity contribution in [1.82, 2.24) is 0 Å². The molecule has 0 spiro atoms. The van der Waals surface area contributed by atoms with Crippen molar-refractivity contribution >= 4 is 15.8 Å². The first kappa shape index (κ1) is 17.2. The van der Waals surface area contributed by atoms with Gasteiger partial charge in [0.15, 0.2) is 20.8 Å². The minimum absolute atomic E-state index is 0. The Balaban J connectivity index is 0.00000289. The zero-order chi connectivity index (χ0) is 13.3. The predicted molar refractivity (Wildman–Crippen MR) is 60.8 cm³/mol. The first-order valence-corrected chi connectivity index (χ1v) is 6.61. The fourth-order valence-corrected chi connectivity index (χ4v) is 2.34. The van der Waals surface area contributed by atoms with Gasteiger partial charge in [0.2, 0.25) is 0 Å². The SMILES string of the molecule is CS(=O)(=O)C(O)C(N)(C(=O)O)c1ccccc1.[Zn]. The number of carbonyl (C=O) groups is 1. The Kier molecular flexibility index (Phi) is 5.62. The summed E-state index contributed by atoms with van der Waals surface area (Å²) in [7, 11) is -4.00. The summed E-state index contributed by atoms with van der Waals surface area (Å²) in [6.45, 7) is 0. The Bertz CT molecular complexity index is 518. The molecule has 0 aliphatic rings. The van der Waals surface area contributed by atoms with Gasteiger partial charge in [-0.2, -0.15) is 0 Å². The summed E-state index contributed by atoms with van der Waals surface area (Å²) in [6, 6.07) is 7.34. The smallest absolute Gasteiger partial charge is 0.332 e. The van der Waals surface area contributed by atoms with Crippen LogP contribution in [0.4, 0.5) is 0 Å². The molecule has 0 heterocycles. The molecule has 2 atom stereocenters. The van der Waals surface area contributed by atoms with Crippen molar-refractivity contribution in [2.24, 2.45) is 5.73 Å². The summed E-state index contributed by atoms with van der Waals surface area (Å²) in [5, 5.41) is 18.7. The van der Waals surface area contributed by atoms with E-state index in [-0.39, 0.29) is 25.0 Å². The quantitative estimate of drug-likeness (QED) is 0.629. The van der Waals surface area contributed by atoms with Crippen molar-refractivity contribution in [3.63, 3.8) is 0 Å². The first-order chi connectivity index (χ1) is 7.70. The molecule has 0 amide bonds. The largest absolute Gasteiger partial charge is 0.480 e. The molecule has 0 fully saturated rings. The molecule has 0 aliphatic heterocycles. The average Bonchev–Trinajstić information content (AvgIpc) is 2.26. The van der Waals surface area contributed by atoms with Gasteiger partial charge in [-0.05, 0) is 5.56 Å². The van der Waals surface area contributed by atoms with E-state index in [1.165, 1.54) is 24.3 Å². The van der Waals surface area contributed by atoms with E-state index < -0.39 is 26.8 Å². The number of aliphatic hydroxyl groups is 1. The second kappa shape index (κ2) is 5.88. The van der Waals surface area contributed by atoms with Gasteiger partial charge in [0.25, 0.3) is 0 Å². The molecule has 1 aromatic carbocycles. The van der Waals surface area contributed by atoms with Crippen molar-refractivity contribution in [1.29, 1.82) is 0 Å². The summed E-state index contributed by atoms with van der Waals surface area (Å²) in [4.78, 5) is 11.2. The third kappa shape index (κ3) is 3.14. The Morgan fingerprint density at radius 1 is 1.33 bits per heavy atom. The summed E-state index contributed by atoms with van der Waals surface area (Å²) < 4.78 is 22.5. The standard InChI is InChI=1S/C10H13NO5S.Zn/c1-17(15,16)9(14)10(11,8(12)13)7-5-3-2-4-6-7;/h2-6,9,14H,11H2,1H3,(H,12,13);. The van der Waals surface area contributed by atoms with Gasteiger partial charge in [-0.1, -0.05) is 30.3 Å². The Hall–Kier alpha value is -0.817. The Morgan fingerprint density at radius 3 is 2.11 bits per heavy atom. The maximum absolute atomic E-state index is 11.3. The van der Waals surface area contributed by atoms with Gasteiger partial charge in [0, 0.05) is 25.7 Å². The fourth-order valence-electron chi connectivity index (χ4n) is 1.42. The number of carboxylic acids is 1. The van der Waals surface area contributed by atoms with Crippen molar-refractivity contribution in [3.8, 4) is 0 Å². The summed E-state index contributed by atoms with van der Waals surface area (Å²) in [5.41, 5.74) is 0.989. The van der Waals surface area contributed by atoms with Crippen LogP contribution in [0, 0.1) is 0 Å². The van der Waals surface area contributed by atoms with E-state index in [1.54, 1.807) is 6.07 Å². The number of nitrogens with two attached hydrogens (primary N) is 1. The minimum Gasteiger partial charge on any atom is -0.480 e. The van der Waals surface area contributed by atoms with E-state index in [0.717, 1.165) is 6.26 Å². The number of sulfone groups is 1. The normalized spacial score (nSPS) is 16.2. The van der Waals surface area contributed by atoms with Crippen LogP contribution in [0.2, 0.25) is 0 Å². The van der Waals surface area contributed by atoms with Gasteiger partial charge in [0.1, 0.15) is 0 Å². The monoisotopic (exact) mass is 323 g/mol. The number of aliphatic hydroxyl groups excluding tert-OH is 1. The number of aliphatic carboxylic acids is 1. The maximum atomic E-state index is 11.3. The van der Waals surface area contributed by atoms with Crippen LogP contribution in [0.5, 0.6) is 0 Å². The zero-order valence-corrected chi connectivity index (χ0v) is 13.6. The Labute approximate surface area is 117 Å². The molecule has 1 rings (SSSR count). The number of rotatable bonds is 4. The molecule has 0 aromatic heterocycles. The fraction of sp³-hybridized carbons (Fsp3) is 0.300. The molecule has 0 bridgehead atoms. The number of benzene rings is 1. The van der Waals surface area contributed by atoms with Crippen LogP contribution in [-0.2, 0) is 39.6 Å². The summed E-state index contributed by atoms with van der Waals surface area (Å²) in [5.74, 6) is -1.61. The van der Waals surface area contributed by atoms with Crippen molar-refractivity contribution in [2.75, 3.05) is 6.26 Å². The second-order valence-corrected chi connectivity index (χ2v) is 5.83. The zero-order valence-electron chi connectivity index (χ0n) is 9.78. The number of hydrogen-bond acceptors (Lipinski definition) is 5. The molecule has 1 aromatic rings. The van der Waals surface area contributed by atoms with Crippen LogP contribution in [0.15, 0.2) is 30.3 Å². The van der Waals surface area contributed by atoms with Gasteiger partial charge in [-0.3, -0.25) is 0 Å². The van der Waals surface area contributed by atoms with E-state index in [0.29, 0.717) is 0 Å². The molecule has 96 valence electrons. The van der Waals surface area contributed by atoms with E-state index in [2.05, 4.69) is 0 Å². The molecule has 0 saturated heterocycles. The average molecular weight is 325 g/mol. The molecule has 18 heavy (non-hydrogen) atoms. The number of carboxylic acid groups (broad SMARTS) is 1. The van der Waals surface area contributed by atoms with Crippen LogP contribution in [0.3, 0.4) is 0 Å². The van der Waals surface area contributed by atoms with Gasteiger partial charge < -0.3 is 15.9 Å². The van der Waals surface area contributed by atoms with Crippen LogP contribution in [-0.4, -0.2) is 36.3 Å². The maximum Gasteiger partial charge on any atom is 0.332 e. The summed E-state index contributed by atoms with van der Waals surface area (Å²) >= 11 is 0. The van der Waals surface area contributed by atoms with Gasteiger partial charge in [0.05, 0.1) is 0 Å². The molecule has 6 nitrogen and oxygen atoms in total. The van der Waals surface area contributed by atoms with Crippen LogP contribution in [0.25, 0.3) is 0 Å². The van der Waals surface area contributed by atoms with E-state index in [9.17, 15) is 18.3 Å². The van der Waals surface area contributed by atoms with Crippen LogP contribution >= 0.6 is 0 Å². The van der Waals surface area contributed by atoms with Crippen LogP contribution < -0.4 is 5.73 Å². The van der Waals surface area contributed by atoms with Gasteiger partial charge in [-0.15, -0.1) is 0 Å². The molecular formula is C10H13NO5SZn.